The molecule has 0 aliphatic carbocycles. The number of likely N-dealkylation sites (tertiary alicyclic amines) is 1. The molecular formula is C15H21FN2O2. The number of benzene rings is 1. The third-order valence-corrected chi connectivity index (χ3v) is 3.60. The Labute approximate surface area is 118 Å². The second-order valence-corrected chi connectivity index (χ2v) is 5.13. The van der Waals surface area contributed by atoms with E-state index in [-0.39, 0.29) is 11.7 Å². The van der Waals surface area contributed by atoms with Crippen LogP contribution in [-0.2, 0) is 4.79 Å². The lowest BCUT2D eigenvalue weighted by molar-refractivity contribution is -0.139. The number of ether oxygens (including phenoxy) is 1. The Morgan fingerprint density at radius 2 is 2.35 bits per heavy atom. The predicted molar refractivity (Wildman–Crippen MR) is 75.2 cm³/mol. The molecule has 5 heteroatoms. The van der Waals surface area contributed by atoms with Crippen molar-refractivity contribution in [3.63, 3.8) is 0 Å². The average molecular weight is 280 g/mol. The number of piperidine rings is 1. The van der Waals surface area contributed by atoms with Crippen molar-refractivity contribution in [3.05, 3.63) is 30.1 Å². The van der Waals surface area contributed by atoms with Crippen LogP contribution < -0.4 is 10.1 Å². The average Bonchev–Trinajstić information content (AvgIpc) is 2.46. The zero-order valence-electron chi connectivity index (χ0n) is 11.9. The summed E-state index contributed by atoms with van der Waals surface area (Å²) in [6.07, 6.45) is 1.47. The van der Waals surface area contributed by atoms with Gasteiger partial charge in [0.15, 0.2) is 6.10 Å². The van der Waals surface area contributed by atoms with E-state index in [2.05, 4.69) is 5.32 Å². The van der Waals surface area contributed by atoms with E-state index in [9.17, 15) is 9.18 Å². The van der Waals surface area contributed by atoms with E-state index in [1.54, 1.807) is 19.1 Å². The molecule has 1 amide bonds. The number of rotatable bonds is 4. The van der Waals surface area contributed by atoms with E-state index in [1.807, 2.05) is 11.9 Å². The topological polar surface area (TPSA) is 41.6 Å². The smallest absolute Gasteiger partial charge is 0.263 e. The van der Waals surface area contributed by atoms with Gasteiger partial charge in [-0.3, -0.25) is 4.79 Å². The lowest BCUT2D eigenvalue weighted by atomic mass is 10.1. The largest absolute Gasteiger partial charge is 0.481 e. The Balaban J connectivity index is 1.94. The summed E-state index contributed by atoms with van der Waals surface area (Å²) in [5, 5.41) is 3.20. The minimum absolute atomic E-state index is 0.0470. The van der Waals surface area contributed by atoms with Crippen LogP contribution in [0.5, 0.6) is 5.75 Å². The van der Waals surface area contributed by atoms with Crippen LogP contribution in [-0.4, -0.2) is 43.1 Å². The molecule has 1 fully saturated rings. The van der Waals surface area contributed by atoms with Crippen LogP contribution in [0.3, 0.4) is 0 Å². The van der Waals surface area contributed by atoms with Crippen LogP contribution in [0.2, 0.25) is 0 Å². The molecule has 1 N–H and O–H groups in total. The summed E-state index contributed by atoms with van der Waals surface area (Å²) < 4.78 is 18.6. The van der Waals surface area contributed by atoms with Crippen LogP contribution in [0.15, 0.2) is 24.3 Å². The summed E-state index contributed by atoms with van der Waals surface area (Å²) in [6.45, 7) is 3.16. The van der Waals surface area contributed by atoms with Gasteiger partial charge < -0.3 is 15.0 Å². The van der Waals surface area contributed by atoms with Crippen LogP contribution in [0.25, 0.3) is 0 Å². The van der Waals surface area contributed by atoms with Gasteiger partial charge in [-0.15, -0.1) is 0 Å². The molecule has 20 heavy (non-hydrogen) atoms. The van der Waals surface area contributed by atoms with Crippen LogP contribution >= 0.6 is 0 Å². The van der Waals surface area contributed by atoms with Crippen molar-refractivity contribution >= 4 is 5.91 Å². The predicted octanol–water partition coefficient (Wildman–Crippen LogP) is 1.80. The van der Waals surface area contributed by atoms with Crippen molar-refractivity contribution in [3.8, 4) is 5.75 Å². The first-order valence-electron chi connectivity index (χ1n) is 6.98. The monoisotopic (exact) mass is 280 g/mol. The zero-order chi connectivity index (χ0) is 14.5. The molecule has 1 aliphatic heterocycles. The molecule has 1 heterocycles. The molecule has 4 nitrogen and oxygen atoms in total. The fraction of sp³-hybridized carbons (Fsp3) is 0.533. The number of hydrogen-bond acceptors (Lipinski definition) is 3. The van der Waals surface area contributed by atoms with E-state index < -0.39 is 6.10 Å². The maximum Gasteiger partial charge on any atom is 0.263 e. The molecule has 2 atom stereocenters. The lowest BCUT2D eigenvalue weighted by Gasteiger charge is -2.34. The summed E-state index contributed by atoms with van der Waals surface area (Å²) in [7, 11) is 1.91. The molecule has 0 saturated carbocycles. The third-order valence-electron chi connectivity index (χ3n) is 3.60. The number of amides is 1. The molecule has 2 unspecified atom stereocenters. The number of hydrogen-bond donors (Lipinski definition) is 1. The number of nitrogens with zero attached hydrogens (tertiary/aromatic N) is 1. The van der Waals surface area contributed by atoms with Crippen LogP contribution in [0, 0.1) is 5.82 Å². The third kappa shape index (κ3) is 3.70. The van der Waals surface area contributed by atoms with Crippen molar-refractivity contribution in [1.29, 1.82) is 0 Å². The SMILES string of the molecule is CNC1CCCN(C(=O)C(C)Oc2cccc(F)c2)C1. The summed E-state index contributed by atoms with van der Waals surface area (Å²) >= 11 is 0. The molecule has 0 aromatic heterocycles. The van der Waals surface area contributed by atoms with E-state index >= 15 is 0 Å². The Morgan fingerprint density at radius 3 is 3.05 bits per heavy atom. The van der Waals surface area contributed by atoms with Crippen LogP contribution in [0.1, 0.15) is 19.8 Å². The Kier molecular flexibility index (Phi) is 4.95. The summed E-state index contributed by atoms with van der Waals surface area (Å²) in [4.78, 5) is 14.1. The van der Waals surface area contributed by atoms with Crippen LogP contribution in [0.4, 0.5) is 4.39 Å². The summed E-state index contributed by atoms with van der Waals surface area (Å²) in [6, 6.07) is 6.20. The molecule has 0 radical (unpaired) electrons. The van der Waals surface area contributed by atoms with Crippen molar-refractivity contribution in [2.24, 2.45) is 0 Å². The quantitative estimate of drug-likeness (QED) is 0.914. The molecule has 2 rings (SSSR count). The number of carbonyl (C=O) groups is 1. The second-order valence-electron chi connectivity index (χ2n) is 5.13. The molecule has 1 aromatic rings. The van der Waals surface area contributed by atoms with Gasteiger partial charge >= 0.3 is 0 Å². The maximum absolute atomic E-state index is 13.1. The molecular weight excluding hydrogens is 259 g/mol. The maximum atomic E-state index is 13.1. The van der Waals surface area contributed by atoms with Gasteiger partial charge in [-0.05, 0) is 38.9 Å². The molecule has 110 valence electrons. The molecule has 1 saturated heterocycles. The minimum atomic E-state index is -0.604. The molecule has 1 aromatic carbocycles. The molecule has 0 bridgehead atoms. The van der Waals surface area contributed by atoms with Gasteiger partial charge in [-0.2, -0.15) is 0 Å². The number of likely N-dealkylation sites (N-methyl/N-ethyl adjacent to an activating group) is 1. The first-order valence-corrected chi connectivity index (χ1v) is 6.98. The van der Waals surface area contributed by atoms with E-state index in [4.69, 9.17) is 4.74 Å². The molecule has 1 aliphatic rings. The molecule has 0 spiro atoms. The van der Waals surface area contributed by atoms with Crippen molar-refractivity contribution in [2.75, 3.05) is 20.1 Å². The second kappa shape index (κ2) is 6.70. The van der Waals surface area contributed by atoms with E-state index in [0.717, 1.165) is 19.4 Å². The summed E-state index contributed by atoms with van der Waals surface area (Å²) in [5.74, 6) is -0.0300. The highest BCUT2D eigenvalue weighted by Gasteiger charge is 2.27. The lowest BCUT2D eigenvalue weighted by Crippen LogP contribution is -2.50. The summed E-state index contributed by atoms with van der Waals surface area (Å²) in [5.41, 5.74) is 0. The highest BCUT2D eigenvalue weighted by atomic mass is 19.1. The van der Waals surface area contributed by atoms with Crippen molar-refractivity contribution in [2.45, 2.75) is 31.9 Å². The Hall–Kier alpha value is -1.62. The van der Waals surface area contributed by atoms with Gasteiger partial charge in [-0.1, -0.05) is 6.07 Å². The van der Waals surface area contributed by atoms with E-state index in [1.165, 1.54) is 12.1 Å². The highest BCUT2D eigenvalue weighted by Crippen LogP contribution is 2.16. The first-order chi connectivity index (χ1) is 9.60. The minimum Gasteiger partial charge on any atom is -0.481 e. The Bertz CT molecular complexity index is 467. The van der Waals surface area contributed by atoms with E-state index in [0.29, 0.717) is 18.3 Å². The normalized spacial score (nSPS) is 20.6. The zero-order valence-corrected chi connectivity index (χ0v) is 11.9. The number of nitrogens with one attached hydrogen (secondary N) is 1. The number of carbonyl (C=O) groups excluding carboxylic acids is 1. The van der Waals surface area contributed by atoms with Gasteiger partial charge in [0.2, 0.25) is 0 Å². The van der Waals surface area contributed by atoms with Gasteiger partial charge in [0.1, 0.15) is 11.6 Å². The fourth-order valence-electron chi connectivity index (χ4n) is 2.46. The highest BCUT2D eigenvalue weighted by molar-refractivity contribution is 5.81. The van der Waals surface area contributed by atoms with Crippen molar-refractivity contribution < 1.29 is 13.9 Å². The van der Waals surface area contributed by atoms with Gasteiger partial charge in [-0.25, -0.2) is 4.39 Å². The van der Waals surface area contributed by atoms with Crippen molar-refractivity contribution in [1.82, 2.24) is 10.2 Å². The first kappa shape index (κ1) is 14.8. The Morgan fingerprint density at radius 1 is 1.55 bits per heavy atom. The van der Waals surface area contributed by atoms with Gasteiger partial charge in [0.05, 0.1) is 0 Å². The van der Waals surface area contributed by atoms with Gasteiger partial charge in [0, 0.05) is 25.2 Å². The van der Waals surface area contributed by atoms with Gasteiger partial charge in [0.25, 0.3) is 5.91 Å². The fourth-order valence-corrected chi connectivity index (χ4v) is 2.46. The standard InChI is InChI=1S/C15H21FN2O2/c1-11(20-14-7-3-5-12(16)9-14)15(19)18-8-4-6-13(10-18)17-2/h3,5,7,9,11,13,17H,4,6,8,10H2,1-2H3. The number of halogens is 1.